The number of nitro benzene ring substituents is 1. The van der Waals surface area contributed by atoms with Crippen LogP contribution in [0, 0.1) is 10.1 Å². The monoisotopic (exact) mass is 281 g/mol. The van der Waals surface area contributed by atoms with Crippen molar-refractivity contribution in [1.82, 2.24) is 5.32 Å². The average molecular weight is 281 g/mol. The molecule has 1 unspecified atom stereocenters. The highest BCUT2D eigenvalue weighted by molar-refractivity contribution is 5.86. The number of nitrogen functional groups attached to an aromatic ring is 1. The minimum absolute atomic E-state index is 0.182. The molecule has 1 atom stereocenters. The first-order chi connectivity index (χ1) is 9.51. The normalized spacial score (nSPS) is 11.6. The molecule has 1 aromatic carbocycles. The number of carbonyl (C=O) groups is 1. The summed E-state index contributed by atoms with van der Waals surface area (Å²) in [4.78, 5) is 22.3. The zero-order valence-electron chi connectivity index (χ0n) is 11.5. The van der Waals surface area contributed by atoms with E-state index in [1.54, 1.807) is 13.0 Å². The van der Waals surface area contributed by atoms with Gasteiger partial charge in [-0.1, -0.05) is 13.0 Å². The Balaban J connectivity index is 2.92. The summed E-state index contributed by atoms with van der Waals surface area (Å²) in [5.74, 6) is 5.04. The van der Waals surface area contributed by atoms with E-state index < -0.39 is 11.0 Å². The van der Waals surface area contributed by atoms with Gasteiger partial charge in [0.2, 0.25) is 5.91 Å². The summed E-state index contributed by atoms with van der Waals surface area (Å²) in [6.07, 6.45) is 0.825. The van der Waals surface area contributed by atoms with Gasteiger partial charge < -0.3 is 16.1 Å². The number of hydrogen-bond donors (Lipinski definition) is 4. The second-order valence-electron chi connectivity index (χ2n) is 4.26. The SMILES string of the molecule is CCCNC(=O)C(C)Nc1cccc(NN)c1[N+](=O)[O-]. The summed E-state index contributed by atoms with van der Waals surface area (Å²) in [6.45, 7) is 4.15. The molecule has 0 aliphatic heterocycles. The standard InChI is InChI=1S/C12H19N5O3/c1-3-7-14-12(18)8(2)15-9-5-4-6-10(16-13)11(9)17(19)20/h4-6,8,15-16H,3,7,13H2,1-2H3,(H,14,18). The number of rotatable bonds is 7. The van der Waals surface area contributed by atoms with Crippen LogP contribution in [0.2, 0.25) is 0 Å². The number of carbonyl (C=O) groups excluding carboxylic acids is 1. The van der Waals surface area contributed by atoms with Crippen LogP contribution in [0.1, 0.15) is 20.3 Å². The lowest BCUT2D eigenvalue weighted by molar-refractivity contribution is -0.383. The van der Waals surface area contributed by atoms with E-state index in [-0.39, 0.29) is 23.0 Å². The third kappa shape index (κ3) is 3.82. The van der Waals surface area contributed by atoms with E-state index in [0.717, 1.165) is 6.42 Å². The molecular formula is C12H19N5O3. The van der Waals surface area contributed by atoms with Crippen molar-refractivity contribution in [2.24, 2.45) is 5.84 Å². The van der Waals surface area contributed by atoms with Gasteiger partial charge in [0.1, 0.15) is 17.4 Å². The second-order valence-corrected chi connectivity index (χ2v) is 4.26. The third-order valence-electron chi connectivity index (χ3n) is 2.69. The second kappa shape index (κ2) is 7.29. The first-order valence-electron chi connectivity index (χ1n) is 6.29. The first kappa shape index (κ1) is 15.7. The molecule has 1 rings (SSSR count). The number of para-hydroxylation sites is 1. The van der Waals surface area contributed by atoms with E-state index in [0.29, 0.717) is 6.54 Å². The Morgan fingerprint density at radius 3 is 2.65 bits per heavy atom. The summed E-state index contributed by atoms with van der Waals surface area (Å²) in [6, 6.07) is 4.04. The minimum Gasteiger partial charge on any atom is -0.368 e. The highest BCUT2D eigenvalue weighted by Crippen LogP contribution is 2.32. The van der Waals surface area contributed by atoms with Crippen LogP contribution in [0.5, 0.6) is 0 Å². The summed E-state index contributed by atoms with van der Waals surface area (Å²) in [5.41, 5.74) is 2.50. The molecular weight excluding hydrogens is 262 g/mol. The molecule has 1 amide bonds. The lowest BCUT2D eigenvalue weighted by Gasteiger charge is -2.16. The molecule has 0 aliphatic carbocycles. The highest BCUT2D eigenvalue weighted by Gasteiger charge is 2.22. The fourth-order valence-electron chi connectivity index (χ4n) is 1.67. The smallest absolute Gasteiger partial charge is 0.316 e. The van der Waals surface area contributed by atoms with Gasteiger partial charge in [-0.05, 0) is 25.5 Å². The van der Waals surface area contributed by atoms with Crippen molar-refractivity contribution in [1.29, 1.82) is 0 Å². The maximum Gasteiger partial charge on any atom is 0.316 e. The molecule has 0 aliphatic rings. The highest BCUT2D eigenvalue weighted by atomic mass is 16.6. The van der Waals surface area contributed by atoms with Gasteiger partial charge in [-0.2, -0.15) is 0 Å². The van der Waals surface area contributed by atoms with Gasteiger partial charge in [0.25, 0.3) is 0 Å². The van der Waals surface area contributed by atoms with Crippen LogP contribution in [-0.2, 0) is 4.79 Å². The molecule has 0 saturated carbocycles. The molecule has 0 aromatic heterocycles. The fraction of sp³-hybridized carbons (Fsp3) is 0.417. The zero-order valence-corrected chi connectivity index (χ0v) is 11.5. The molecule has 5 N–H and O–H groups in total. The number of nitrogens with zero attached hydrogens (tertiary/aromatic N) is 1. The molecule has 0 radical (unpaired) electrons. The zero-order chi connectivity index (χ0) is 15.1. The number of hydrazine groups is 1. The lowest BCUT2D eigenvalue weighted by Crippen LogP contribution is -2.38. The van der Waals surface area contributed by atoms with Crippen LogP contribution in [0.25, 0.3) is 0 Å². The Morgan fingerprint density at radius 2 is 2.10 bits per heavy atom. The summed E-state index contributed by atoms with van der Waals surface area (Å²) >= 11 is 0. The molecule has 8 nitrogen and oxygen atoms in total. The Bertz CT molecular complexity index is 492. The summed E-state index contributed by atoms with van der Waals surface area (Å²) < 4.78 is 0. The van der Waals surface area contributed by atoms with Crippen molar-refractivity contribution in [3.05, 3.63) is 28.3 Å². The minimum atomic E-state index is -0.590. The van der Waals surface area contributed by atoms with Crippen LogP contribution < -0.4 is 21.9 Å². The molecule has 0 saturated heterocycles. The van der Waals surface area contributed by atoms with Gasteiger partial charge >= 0.3 is 5.69 Å². The molecule has 0 heterocycles. The van der Waals surface area contributed by atoms with Crippen LogP contribution in [0.4, 0.5) is 17.1 Å². The quantitative estimate of drug-likeness (QED) is 0.338. The van der Waals surface area contributed by atoms with E-state index in [2.05, 4.69) is 16.1 Å². The summed E-state index contributed by atoms with van der Waals surface area (Å²) in [5, 5.41) is 16.6. The van der Waals surface area contributed by atoms with Crippen LogP contribution in [0.15, 0.2) is 18.2 Å². The van der Waals surface area contributed by atoms with Crippen molar-refractivity contribution >= 4 is 23.0 Å². The molecule has 110 valence electrons. The first-order valence-corrected chi connectivity index (χ1v) is 6.29. The van der Waals surface area contributed by atoms with Gasteiger partial charge in [-0.25, -0.2) is 0 Å². The summed E-state index contributed by atoms with van der Waals surface area (Å²) in [7, 11) is 0. The predicted molar refractivity (Wildman–Crippen MR) is 77.3 cm³/mol. The Kier molecular flexibility index (Phi) is 5.73. The maximum atomic E-state index is 11.8. The maximum absolute atomic E-state index is 11.8. The predicted octanol–water partition coefficient (Wildman–Crippen LogP) is 1.21. The van der Waals surface area contributed by atoms with E-state index in [4.69, 9.17) is 5.84 Å². The van der Waals surface area contributed by atoms with Crippen LogP contribution in [-0.4, -0.2) is 23.4 Å². The van der Waals surface area contributed by atoms with E-state index in [9.17, 15) is 14.9 Å². The van der Waals surface area contributed by atoms with Crippen molar-refractivity contribution in [3.63, 3.8) is 0 Å². The van der Waals surface area contributed by atoms with Crippen LogP contribution in [0.3, 0.4) is 0 Å². The number of nitro groups is 1. The molecule has 0 fully saturated rings. The molecule has 1 aromatic rings. The van der Waals surface area contributed by atoms with E-state index in [1.807, 2.05) is 6.92 Å². The van der Waals surface area contributed by atoms with Crippen LogP contribution >= 0.6 is 0 Å². The Hall–Kier alpha value is -2.35. The number of hydrogen-bond acceptors (Lipinski definition) is 6. The van der Waals surface area contributed by atoms with Crippen molar-refractivity contribution in [2.75, 3.05) is 17.3 Å². The number of amides is 1. The number of nitrogens with one attached hydrogen (secondary N) is 3. The lowest BCUT2D eigenvalue weighted by atomic mass is 10.2. The molecule has 0 bridgehead atoms. The van der Waals surface area contributed by atoms with E-state index >= 15 is 0 Å². The number of benzene rings is 1. The molecule has 20 heavy (non-hydrogen) atoms. The van der Waals surface area contributed by atoms with Gasteiger partial charge in [0.05, 0.1) is 4.92 Å². The van der Waals surface area contributed by atoms with Gasteiger partial charge in [0, 0.05) is 6.54 Å². The fourth-order valence-corrected chi connectivity index (χ4v) is 1.67. The number of nitrogens with two attached hydrogens (primary N) is 1. The average Bonchev–Trinajstić information content (AvgIpc) is 2.43. The Labute approximate surface area is 116 Å². The Morgan fingerprint density at radius 1 is 1.45 bits per heavy atom. The largest absolute Gasteiger partial charge is 0.368 e. The van der Waals surface area contributed by atoms with E-state index in [1.165, 1.54) is 12.1 Å². The molecule has 8 heteroatoms. The number of anilines is 2. The van der Waals surface area contributed by atoms with Crippen molar-refractivity contribution < 1.29 is 9.72 Å². The van der Waals surface area contributed by atoms with Gasteiger partial charge in [0.15, 0.2) is 0 Å². The third-order valence-corrected chi connectivity index (χ3v) is 2.69. The van der Waals surface area contributed by atoms with Crippen molar-refractivity contribution in [3.8, 4) is 0 Å². The molecule has 0 spiro atoms. The topological polar surface area (TPSA) is 122 Å². The van der Waals surface area contributed by atoms with Gasteiger partial charge in [-0.15, -0.1) is 0 Å². The van der Waals surface area contributed by atoms with Gasteiger partial charge in [-0.3, -0.25) is 20.8 Å². The van der Waals surface area contributed by atoms with Crippen molar-refractivity contribution in [2.45, 2.75) is 26.3 Å².